The number of nitrogens with one attached hydrogen (secondary N) is 2. The monoisotopic (exact) mass is 479 g/mol. The highest BCUT2D eigenvalue weighted by molar-refractivity contribution is 9.10. The number of carbonyl (C=O) groups excluding carboxylic acids is 1. The van der Waals surface area contributed by atoms with E-state index in [4.69, 9.17) is 4.74 Å². The molecule has 0 radical (unpaired) electrons. The standard InChI is InChI=1S/C24H19BrFN3O2/c25-22-10-9-20(31-15-16-5-7-19(26)8-6-16)11-18(22)14-28-29-24(30)12-17-13-27-23-4-2-1-3-21(17)23/h1-11,13-14,27H,12,15H2,(H,29,30). The highest BCUT2D eigenvalue weighted by atomic mass is 79.9. The van der Waals surface area contributed by atoms with E-state index in [2.05, 4.69) is 31.4 Å². The van der Waals surface area contributed by atoms with Gasteiger partial charge in [0.1, 0.15) is 18.2 Å². The predicted molar refractivity (Wildman–Crippen MR) is 123 cm³/mol. The number of hydrazone groups is 1. The van der Waals surface area contributed by atoms with Gasteiger partial charge in [-0.3, -0.25) is 4.79 Å². The van der Waals surface area contributed by atoms with Gasteiger partial charge in [-0.25, -0.2) is 9.82 Å². The maximum atomic E-state index is 13.0. The fraction of sp³-hybridized carbons (Fsp3) is 0.0833. The van der Waals surface area contributed by atoms with Gasteiger partial charge in [0.15, 0.2) is 0 Å². The average molecular weight is 480 g/mol. The lowest BCUT2D eigenvalue weighted by atomic mass is 10.1. The minimum absolute atomic E-state index is 0.208. The first-order chi connectivity index (χ1) is 15.1. The van der Waals surface area contributed by atoms with Crippen molar-refractivity contribution in [1.29, 1.82) is 0 Å². The molecule has 3 aromatic carbocycles. The van der Waals surface area contributed by atoms with Gasteiger partial charge in [0.05, 0.1) is 12.6 Å². The Bertz CT molecular complexity index is 1240. The summed E-state index contributed by atoms with van der Waals surface area (Å²) in [6, 6.07) is 19.5. The Morgan fingerprint density at radius 1 is 1.13 bits per heavy atom. The summed E-state index contributed by atoms with van der Waals surface area (Å²) in [6.45, 7) is 0.319. The second-order valence-corrected chi connectivity index (χ2v) is 7.78. The topological polar surface area (TPSA) is 66.5 Å². The number of ether oxygens (including phenoxy) is 1. The van der Waals surface area contributed by atoms with Gasteiger partial charge in [0.25, 0.3) is 0 Å². The molecule has 0 saturated heterocycles. The number of H-pyrrole nitrogens is 1. The van der Waals surface area contributed by atoms with Crippen molar-refractivity contribution >= 4 is 39.0 Å². The van der Waals surface area contributed by atoms with Gasteiger partial charge in [-0.15, -0.1) is 0 Å². The Hall–Kier alpha value is -3.45. The molecule has 0 fully saturated rings. The van der Waals surface area contributed by atoms with Crippen LogP contribution < -0.4 is 10.2 Å². The second-order valence-electron chi connectivity index (χ2n) is 6.93. The van der Waals surface area contributed by atoms with Gasteiger partial charge in [-0.1, -0.05) is 46.3 Å². The Morgan fingerprint density at radius 3 is 2.77 bits per heavy atom. The van der Waals surface area contributed by atoms with E-state index in [0.29, 0.717) is 12.4 Å². The largest absolute Gasteiger partial charge is 0.489 e. The Balaban J connectivity index is 1.36. The molecule has 0 aliphatic heterocycles. The van der Waals surface area contributed by atoms with Crippen LogP contribution in [0.15, 0.2) is 82.5 Å². The molecule has 1 heterocycles. The summed E-state index contributed by atoms with van der Waals surface area (Å²) in [4.78, 5) is 15.4. The number of aromatic nitrogens is 1. The summed E-state index contributed by atoms with van der Waals surface area (Å²) in [5.74, 6) is 0.151. The van der Waals surface area contributed by atoms with Crippen LogP contribution in [0.3, 0.4) is 0 Å². The number of carbonyl (C=O) groups is 1. The molecule has 4 rings (SSSR count). The Labute approximate surface area is 187 Å². The van der Waals surface area contributed by atoms with Crippen molar-refractivity contribution in [2.75, 3.05) is 0 Å². The van der Waals surface area contributed by atoms with Gasteiger partial charge in [0.2, 0.25) is 5.91 Å². The molecule has 0 aliphatic rings. The normalized spacial score (nSPS) is 11.2. The molecule has 4 aromatic rings. The predicted octanol–water partition coefficient (Wildman–Crippen LogP) is 5.34. The van der Waals surface area contributed by atoms with Crippen LogP contribution in [0.25, 0.3) is 10.9 Å². The number of rotatable bonds is 7. The molecule has 0 aliphatic carbocycles. The summed E-state index contributed by atoms with van der Waals surface area (Å²) < 4.78 is 19.6. The van der Waals surface area contributed by atoms with E-state index in [1.165, 1.54) is 12.1 Å². The summed E-state index contributed by atoms with van der Waals surface area (Å²) in [5, 5.41) is 5.09. The number of aromatic amines is 1. The van der Waals surface area contributed by atoms with E-state index in [1.54, 1.807) is 18.3 Å². The molecule has 31 heavy (non-hydrogen) atoms. The van der Waals surface area contributed by atoms with E-state index >= 15 is 0 Å². The lowest BCUT2D eigenvalue weighted by Crippen LogP contribution is -2.19. The van der Waals surface area contributed by atoms with E-state index in [9.17, 15) is 9.18 Å². The lowest BCUT2D eigenvalue weighted by Gasteiger charge is -2.08. The molecule has 7 heteroatoms. The molecule has 0 unspecified atom stereocenters. The van der Waals surface area contributed by atoms with E-state index in [-0.39, 0.29) is 18.1 Å². The number of para-hydroxylation sites is 1. The van der Waals surface area contributed by atoms with Gasteiger partial charge < -0.3 is 9.72 Å². The summed E-state index contributed by atoms with van der Waals surface area (Å²) in [6.07, 6.45) is 3.62. The van der Waals surface area contributed by atoms with Crippen LogP contribution in [0.4, 0.5) is 4.39 Å². The SMILES string of the molecule is O=C(Cc1c[nH]c2ccccc12)NN=Cc1cc(OCc2ccc(F)cc2)ccc1Br. The highest BCUT2D eigenvalue weighted by Crippen LogP contribution is 2.22. The zero-order valence-electron chi connectivity index (χ0n) is 16.4. The Morgan fingerprint density at radius 2 is 1.94 bits per heavy atom. The molecule has 1 aromatic heterocycles. The van der Waals surface area contributed by atoms with Crippen molar-refractivity contribution in [1.82, 2.24) is 10.4 Å². The third-order valence-electron chi connectivity index (χ3n) is 4.71. The van der Waals surface area contributed by atoms with Crippen molar-refractivity contribution < 1.29 is 13.9 Å². The van der Waals surface area contributed by atoms with Crippen molar-refractivity contribution in [3.63, 3.8) is 0 Å². The third kappa shape index (κ3) is 5.38. The van der Waals surface area contributed by atoms with Crippen LogP contribution in [-0.2, 0) is 17.8 Å². The van der Waals surface area contributed by atoms with Crippen molar-refractivity contribution in [2.45, 2.75) is 13.0 Å². The quantitative estimate of drug-likeness (QED) is 0.277. The zero-order valence-corrected chi connectivity index (χ0v) is 18.0. The zero-order chi connectivity index (χ0) is 21.6. The number of hydrogen-bond acceptors (Lipinski definition) is 3. The van der Waals surface area contributed by atoms with Crippen molar-refractivity contribution in [2.24, 2.45) is 5.10 Å². The van der Waals surface area contributed by atoms with Crippen LogP contribution in [-0.4, -0.2) is 17.1 Å². The number of benzene rings is 3. The minimum atomic E-state index is -0.280. The number of fused-ring (bicyclic) bond motifs is 1. The summed E-state index contributed by atoms with van der Waals surface area (Å²) >= 11 is 3.47. The number of amides is 1. The second kappa shape index (κ2) is 9.57. The van der Waals surface area contributed by atoms with Crippen LogP contribution in [0.2, 0.25) is 0 Å². The van der Waals surface area contributed by atoms with E-state index in [1.807, 2.05) is 48.7 Å². The first-order valence-corrected chi connectivity index (χ1v) is 10.4. The number of halogens is 2. The smallest absolute Gasteiger partial charge is 0.244 e. The molecule has 0 spiro atoms. The Kier molecular flexibility index (Phi) is 6.43. The first kappa shape index (κ1) is 20.8. The van der Waals surface area contributed by atoms with Gasteiger partial charge in [-0.2, -0.15) is 5.10 Å². The average Bonchev–Trinajstić information content (AvgIpc) is 3.18. The van der Waals surface area contributed by atoms with Crippen LogP contribution in [0, 0.1) is 5.82 Å². The number of nitrogens with zero attached hydrogens (tertiary/aromatic N) is 1. The molecule has 1 amide bonds. The summed E-state index contributed by atoms with van der Waals surface area (Å²) in [5.41, 5.74) is 6.09. The summed E-state index contributed by atoms with van der Waals surface area (Å²) in [7, 11) is 0. The lowest BCUT2D eigenvalue weighted by molar-refractivity contribution is -0.120. The first-order valence-electron chi connectivity index (χ1n) is 9.62. The molecular weight excluding hydrogens is 461 g/mol. The minimum Gasteiger partial charge on any atom is -0.489 e. The van der Waals surface area contributed by atoms with Crippen molar-refractivity contribution in [3.8, 4) is 5.75 Å². The fourth-order valence-electron chi connectivity index (χ4n) is 3.12. The maximum Gasteiger partial charge on any atom is 0.244 e. The van der Waals surface area contributed by atoms with Gasteiger partial charge in [-0.05, 0) is 47.5 Å². The molecule has 0 bridgehead atoms. The van der Waals surface area contributed by atoms with E-state index in [0.717, 1.165) is 32.1 Å². The highest BCUT2D eigenvalue weighted by Gasteiger charge is 2.08. The fourth-order valence-corrected chi connectivity index (χ4v) is 3.47. The molecule has 2 N–H and O–H groups in total. The van der Waals surface area contributed by atoms with Gasteiger partial charge >= 0.3 is 0 Å². The van der Waals surface area contributed by atoms with Crippen LogP contribution in [0.1, 0.15) is 16.7 Å². The van der Waals surface area contributed by atoms with E-state index < -0.39 is 0 Å². The molecule has 5 nitrogen and oxygen atoms in total. The molecule has 0 saturated carbocycles. The third-order valence-corrected chi connectivity index (χ3v) is 5.43. The van der Waals surface area contributed by atoms with Gasteiger partial charge in [0, 0.05) is 27.1 Å². The van der Waals surface area contributed by atoms with Crippen LogP contribution >= 0.6 is 15.9 Å². The molecule has 0 atom stereocenters. The van der Waals surface area contributed by atoms with Crippen molar-refractivity contribution in [3.05, 3.63) is 99.9 Å². The molecule has 156 valence electrons. The number of hydrogen-bond donors (Lipinski definition) is 2. The maximum absolute atomic E-state index is 13.0. The van der Waals surface area contributed by atoms with Crippen LogP contribution in [0.5, 0.6) is 5.75 Å². The molecular formula is C24H19BrFN3O2.